The van der Waals surface area contributed by atoms with E-state index in [4.69, 9.17) is 9.47 Å². The van der Waals surface area contributed by atoms with Gasteiger partial charge in [0.2, 0.25) is 15.9 Å². The van der Waals surface area contributed by atoms with Gasteiger partial charge in [-0.15, -0.1) is 0 Å². The van der Waals surface area contributed by atoms with Crippen LogP contribution in [0.5, 0.6) is 11.5 Å². The van der Waals surface area contributed by atoms with Gasteiger partial charge >= 0.3 is 0 Å². The van der Waals surface area contributed by atoms with Gasteiger partial charge in [-0.05, 0) is 38.9 Å². The highest BCUT2D eigenvalue weighted by molar-refractivity contribution is 7.89. The van der Waals surface area contributed by atoms with Crippen molar-refractivity contribution >= 4 is 15.9 Å². The molecule has 9 heteroatoms. The number of amides is 1. The molecule has 3 rings (SSSR count). The molecule has 2 aliphatic heterocycles. The maximum atomic E-state index is 12.8. The number of rotatable bonds is 6. The monoisotopic (exact) mass is 397 g/mol. The summed E-state index contributed by atoms with van der Waals surface area (Å²) >= 11 is 0. The van der Waals surface area contributed by atoms with E-state index < -0.39 is 16.1 Å². The highest BCUT2D eigenvalue weighted by atomic mass is 32.2. The fourth-order valence-electron chi connectivity index (χ4n) is 3.48. The van der Waals surface area contributed by atoms with E-state index in [1.54, 1.807) is 17.9 Å². The van der Waals surface area contributed by atoms with Crippen molar-refractivity contribution in [3.63, 3.8) is 0 Å². The van der Waals surface area contributed by atoms with Crippen molar-refractivity contribution in [2.75, 3.05) is 33.4 Å². The molecule has 1 aromatic rings. The summed E-state index contributed by atoms with van der Waals surface area (Å²) in [5.74, 6) is 0.733. The Morgan fingerprint density at radius 2 is 2.00 bits per heavy atom. The van der Waals surface area contributed by atoms with Gasteiger partial charge in [0.05, 0.1) is 24.2 Å². The molecule has 1 saturated heterocycles. The summed E-state index contributed by atoms with van der Waals surface area (Å²) in [7, 11) is -2.01. The first kappa shape index (κ1) is 19.9. The lowest BCUT2D eigenvalue weighted by Gasteiger charge is -2.27. The minimum Gasteiger partial charge on any atom is -0.490 e. The molecule has 150 valence electrons. The van der Waals surface area contributed by atoms with E-state index in [2.05, 4.69) is 10.0 Å². The van der Waals surface area contributed by atoms with Crippen LogP contribution >= 0.6 is 0 Å². The second-order valence-electron chi connectivity index (χ2n) is 6.89. The summed E-state index contributed by atoms with van der Waals surface area (Å²) in [4.78, 5) is 14.6. The Labute approximate surface area is 160 Å². The van der Waals surface area contributed by atoms with Crippen LogP contribution in [0.4, 0.5) is 0 Å². The molecule has 0 spiro atoms. The lowest BCUT2D eigenvalue weighted by Crippen LogP contribution is -2.50. The van der Waals surface area contributed by atoms with Crippen LogP contribution in [0.2, 0.25) is 0 Å². The number of hydrogen-bond donors (Lipinski definition) is 2. The zero-order chi connectivity index (χ0) is 19.4. The smallest absolute Gasteiger partial charge is 0.241 e. The average molecular weight is 397 g/mol. The third-order valence-electron chi connectivity index (χ3n) is 4.83. The number of fused-ring (bicyclic) bond motifs is 1. The van der Waals surface area contributed by atoms with Gasteiger partial charge < -0.3 is 19.7 Å². The molecule has 0 aromatic heterocycles. The van der Waals surface area contributed by atoms with E-state index in [9.17, 15) is 13.2 Å². The minimum absolute atomic E-state index is 0.0552. The first-order valence-corrected chi connectivity index (χ1v) is 10.8. The lowest BCUT2D eigenvalue weighted by atomic mass is 10.2. The van der Waals surface area contributed by atoms with Gasteiger partial charge in [0.1, 0.15) is 0 Å². The first-order chi connectivity index (χ1) is 12.9. The van der Waals surface area contributed by atoms with Crippen LogP contribution in [-0.4, -0.2) is 64.7 Å². The number of carbonyl (C=O) groups excluding carboxylic acids is 1. The van der Waals surface area contributed by atoms with Crippen LogP contribution in [0.25, 0.3) is 0 Å². The van der Waals surface area contributed by atoms with E-state index in [-0.39, 0.29) is 16.8 Å². The van der Waals surface area contributed by atoms with Crippen molar-refractivity contribution in [3.05, 3.63) is 18.2 Å². The minimum atomic E-state index is -3.86. The normalized spacial score (nSPS) is 21.0. The average Bonchev–Trinajstić information content (AvgIpc) is 2.96. The Balaban J connectivity index is 1.72. The number of carbonyl (C=O) groups is 1. The molecule has 1 fully saturated rings. The Morgan fingerprint density at radius 3 is 2.74 bits per heavy atom. The number of nitrogens with zero attached hydrogens (tertiary/aromatic N) is 1. The molecule has 1 aromatic carbocycles. The summed E-state index contributed by atoms with van der Waals surface area (Å²) in [5, 5.41) is 3.08. The first-order valence-electron chi connectivity index (χ1n) is 9.29. The highest BCUT2D eigenvalue weighted by Gasteiger charge is 2.33. The SMILES string of the molecule is CNCC1CCCN1C(=O)C(C)NS(=O)(=O)c1ccc2c(c1)OCCCO2. The number of nitrogens with one attached hydrogen (secondary N) is 2. The summed E-state index contributed by atoms with van der Waals surface area (Å²) in [6.07, 6.45) is 2.60. The Morgan fingerprint density at radius 1 is 1.26 bits per heavy atom. The molecule has 0 radical (unpaired) electrons. The predicted octanol–water partition coefficient (Wildman–Crippen LogP) is 0.725. The topological polar surface area (TPSA) is 97.0 Å². The van der Waals surface area contributed by atoms with Gasteiger partial charge in [-0.25, -0.2) is 8.42 Å². The molecule has 2 atom stereocenters. The summed E-state index contributed by atoms with van der Waals surface area (Å²) in [6, 6.07) is 3.76. The van der Waals surface area contributed by atoms with Gasteiger partial charge in [0.25, 0.3) is 0 Å². The summed E-state index contributed by atoms with van der Waals surface area (Å²) in [6.45, 7) is 3.94. The molecular formula is C18H27N3O5S. The Hall–Kier alpha value is -1.84. The van der Waals surface area contributed by atoms with E-state index in [0.717, 1.165) is 19.3 Å². The Kier molecular flexibility index (Phi) is 6.23. The number of benzene rings is 1. The zero-order valence-electron chi connectivity index (χ0n) is 15.7. The number of hydrogen-bond acceptors (Lipinski definition) is 6. The fraction of sp³-hybridized carbons (Fsp3) is 0.611. The molecule has 2 aliphatic rings. The van der Waals surface area contributed by atoms with Gasteiger partial charge in [0.15, 0.2) is 11.5 Å². The standard InChI is InChI=1S/C18H27N3O5S/c1-13(18(22)21-8-3-5-14(21)12-19-2)20-27(23,24)15-6-7-16-17(11-15)26-10-4-9-25-16/h6-7,11,13-14,19-20H,3-5,8-10,12H2,1-2H3. The van der Waals surface area contributed by atoms with Crippen molar-refractivity contribution in [2.24, 2.45) is 0 Å². The second kappa shape index (κ2) is 8.45. The lowest BCUT2D eigenvalue weighted by molar-refractivity contribution is -0.133. The van der Waals surface area contributed by atoms with Crippen molar-refractivity contribution in [2.45, 2.75) is 43.2 Å². The van der Waals surface area contributed by atoms with Gasteiger partial charge in [-0.3, -0.25) is 4.79 Å². The number of likely N-dealkylation sites (N-methyl/N-ethyl adjacent to an activating group) is 1. The predicted molar refractivity (Wildman–Crippen MR) is 100 cm³/mol. The van der Waals surface area contributed by atoms with E-state index >= 15 is 0 Å². The van der Waals surface area contributed by atoms with Crippen molar-refractivity contribution in [3.8, 4) is 11.5 Å². The van der Waals surface area contributed by atoms with Crippen molar-refractivity contribution < 1.29 is 22.7 Å². The summed E-state index contributed by atoms with van der Waals surface area (Å²) in [5.41, 5.74) is 0. The van der Waals surface area contributed by atoms with Crippen LogP contribution < -0.4 is 19.5 Å². The molecule has 1 amide bonds. The maximum Gasteiger partial charge on any atom is 0.241 e. The largest absolute Gasteiger partial charge is 0.490 e. The molecule has 8 nitrogen and oxygen atoms in total. The third-order valence-corrected chi connectivity index (χ3v) is 6.37. The number of ether oxygens (including phenoxy) is 2. The second-order valence-corrected chi connectivity index (χ2v) is 8.60. The van der Waals surface area contributed by atoms with E-state index in [1.165, 1.54) is 12.1 Å². The highest BCUT2D eigenvalue weighted by Crippen LogP contribution is 2.32. The van der Waals surface area contributed by atoms with Crippen LogP contribution in [0.1, 0.15) is 26.2 Å². The van der Waals surface area contributed by atoms with Crippen LogP contribution in [0.15, 0.2) is 23.1 Å². The van der Waals surface area contributed by atoms with Crippen LogP contribution in [-0.2, 0) is 14.8 Å². The van der Waals surface area contributed by atoms with Crippen molar-refractivity contribution in [1.29, 1.82) is 0 Å². The Bertz CT molecular complexity index is 783. The molecule has 2 N–H and O–H groups in total. The van der Waals surface area contributed by atoms with E-state index in [1.807, 2.05) is 7.05 Å². The molecule has 0 saturated carbocycles. The summed E-state index contributed by atoms with van der Waals surface area (Å²) < 4.78 is 39.1. The van der Waals surface area contributed by atoms with Gasteiger partial charge in [-0.2, -0.15) is 4.72 Å². The van der Waals surface area contributed by atoms with Gasteiger partial charge in [0, 0.05) is 31.6 Å². The fourth-order valence-corrected chi connectivity index (χ4v) is 4.70. The van der Waals surface area contributed by atoms with Crippen molar-refractivity contribution in [1.82, 2.24) is 14.9 Å². The van der Waals surface area contributed by atoms with Crippen LogP contribution in [0, 0.1) is 0 Å². The molecule has 2 heterocycles. The molecule has 0 bridgehead atoms. The number of sulfonamides is 1. The number of likely N-dealkylation sites (tertiary alicyclic amines) is 1. The van der Waals surface area contributed by atoms with E-state index in [0.29, 0.717) is 37.8 Å². The molecule has 0 aliphatic carbocycles. The maximum absolute atomic E-state index is 12.8. The van der Waals surface area contributed by atoms with Gasteiger partial charge in [-0.1, -0.05) is 0 Å². The molecule has 2 unspecified atom stereocenters. The molecule has 27 heavy (non-hydrogen) atoms. The molecular weight excluding hydrogens is 370 g/mol. The van der Waals surface area contributed by atoms with Crippen LogP contribution in [0.3, 0.4) is 0 Å². The third kappa shape index (κ3) is 4.53. The zero-order valence-corrected chi connectivity index (χ0v) is 16.5. The quantitative estimate of drug-likeness (QED) is 0.734.